The summed E-state index contributed by atoms with van der Waals surface area (Å²) in [4.78, 5) is 0. The van der Waals surface area contributed by atoms with E-state index < -0.39 is 5.60 Å². The van der Waals surface area contributed by atoms with Crippen molar-refractivity contribution in [1.82, 2.24) is 0 Å². The van der Waals surface area contributed by atoms with Gasteiger partial charge in [0.25, 0.3) is 0 Å². The Morgan fingerprint density at radius 1 is 1.42 bits per heavy atom. The lowest BCUT2D eigenvalue weighted by Crippen LogP contribution is -2.03. The molecule has 0 bridgehead atoms. The maximum Gasteiger partial charge on any atom is 0.0899 e. The molecule has 0 unspecified atom stereocenters. The summed E-state index contributed by atoms with van der Waals surface area (Å²) in [7, 11) is 0. The lowest BCUT2D eigenvalue weighted by atomic mass is 10.1. The van der Waals surface area contributed by atoms with Crippen molar-refractivity contribution in [2.24, 2.45) is 0 Å². The second-order valence-corrected chi connectivity index (χ2v) is 3.90. The third kappa shape index (κ3) is 1.23. The number of aryl methyl sites for hydroxylation is 1. The van der Waals surface area contributed by atoms with E-state index >= 15 is 0 Å². The first-order valence-corrected chi connectivity index (χ1v) is 4.49. The van der Waals surface area contributed by atoms with Crippen molar-refractivity contribution in [1.29, 1.82) is 0 Å². The van der Waals surface area contributed by atoms with Gasteiger partial charge in [0.1, 0.15) is 0 Å². The molecule has 0 heterocycles. The standard InChI is InChI=1S/C10H11ClO/c1-7-6-8(2-3-9(7)11)10(12)4-5-10/h2-3,6,12H,4-5H2,1H3. The highest BCUT2D eigenvalue weighted by atomic mass is 35.5. The fraction of sp³-hybridized carbons (Fsp3) is 0.400. The lowest BCUT2D eigenvalue weighted by molar-refractivity contribution is 0.151. The molecule has 2 heteroatoms. The average molecular weight is 183 g/mol. The molecule has 1 fully saturated rings. The Kier molecular flexibility index (Phi) is 1.67. The molecular weight excluding hydrogens is 172 g/mol. The molecule has 12 heavy (non-hydrogen) atoms. The summed E-state index contributed by atoms with van der Waals surface area (Å²) in [5.41, 5.74) is 1.51. The van der Waals surface area contributed by atoms with Gasteiger partial charge in [-0.3, -0.25) is 0 Å². The normalized spacial score (nSPS) is 19.2. The molecule has 1 aromatic rings. The highest BCUT2D eigenvalue weighted by Crippen LogP contribution is 2.45. The Bertz CT molecular complexity index is 316. The van der Waals surface area contributed by atoms with Crippen LogP contribution < -0.4 is 0 Å². The first kappa shape index (κ1) is 8.09. The van der Waals surface area contributed by atoms with Crippen LogP contribution in [0.5, 0.6) is 0 Å². The molecule has 1 aliphatic rings. The molecule has 0 aromatic heterocycles. The van der Waals surface area contributed by atoms with Gasteiger partial charge in [-0.05, 0) is 37.0 Å². The number of rotatable bonds is 1. The van der Waals surface area contributed by atoms with Gasteiger partial charge in [-0.15, -0.1) is 0 Å². The van der Waals surface area contributed by atoms with Crippen LogP contribution in [-0.2, 0) is 5.60 Å². The van der Waals surface area contributed by atoms with Crippen LogP contribution in [0.1, 0.15) is 24.0 Å². The zero-order valence-corrected chi connectivity index (χ0v) is 7.73. The van der Waals surface area contributed by atoms with E-state index in [4.69, 9.17) is 11.6 Å². The zero-order valence-electron chi connectivity index (χ0n) is 6.97. The monoisotopic (exact) mass is 182 g/mol. The van der Waals surface area contributed by atoms with Crippen molar-refractivity contribution >= 4 is 11.6 Å². The first-order valence-electron chi connectivity index (χ1n) is 4.11. The van der Waals surface area contributed by atoms with Crippen molar-refractivity contribution in [3.05, 3.63) is 34.3 Å². The zero-order chi connectivity index (χ0) is 8.77. The Labute approximate surface area is 77.0 Å². The van der Waals surface area contributed by atoms with E-state index in [2.05, 4.69) is 0 Å². The van der Waals surface area contributed by atoms with Gasteiger partial charge in [0, 0.05) is 5.02 Å². The van der Waals surface area contributed by atoms with E-state index in [1.54, 1.807) is 0 Å². The van der Waals surface area contributed by atoms with E-state index in [1.165, 1.54) is 0 Å². The Balaban J connectivity index is 2.41. The van der Waals surface area contributed by atoms with Crippen molar-refractivity contribution in [3.8, 4) is 0 Å². The first-order chi connectivity index (χ1) is 5.62. The third-order valence-electron chi connectivity index (χ3n) is 2.42. The van der Waals surface area contributed by atoms with Gasteiger partial charge in [-0.25, -0.2) is 0 Å². The summed E-state index contributed by atoms with van der Waals surface area (Å²) >= 11 is 5.87. The SMILES string of the molecule is Cc1cc(C2(O)CC2)ccc1Cl. The number of hydrogen-bond donors (Lipinski definition) is 1. The smallest absolute Gasteiger partial charge is 0.0899 e. The second kappa shape index (κ2) is 2.48. The summed E-state index contributed by atoms with van der Waals surface area (Å²) in [5.74, 6) is 0. The molecule has 1 saturated carbocycles. The van der Waals surface area contributed by atoms with Crippen LogP contribution in [0.25, 0.3) is 0 Å². The van der Waals surface area contributed by atoms with E-state index in [9.17, 15) is 5.11 Å². The van der Waals surface area contributed by atoms with Crippen LogP contribution in [0.2, 0.25) is 5.02 Å². The van der Waals surface area contributed by atoms with E-state index in [0.29, 0.717) is 0 Å². The van der Waals surface area contributed by atoms with Gasteiger partial charge in [0.05, 0.1) is 5.60 Å². The lowest BCUT2D eigenvalue weighted by Gasteiger charge is -2.08. The molecule has 2 rings (SSSR count). The van der Waals surface area contributed by atoms with Gasteiger partial charge in [0.2, 0.25) is 0 Å². The van der Waals surface area contributed by atoms with Crippen molar-refractivity contribution < 1.29 is 5.11 Å². The molecule has 0 aliphatic heterocycles. The molecule has 0 saturated heterocycles. The molecule has 0 radical (unpaired) electrons. The van der Waals surface area contributed by atoms with Crippen LogP contribution in [0.3, 0.4) is 0 Å². The molecule has 0 amide bonds. The maximum atomic E-state index is 9.77. The van der Waals surface area contributed by atoms with Gasteiger partial charge in [-0.1, -0.05) is 23.7 Å². The minimum Gasteiger partial charge on any atom is -0.385 e. The van der Waals surface area contributed by atoms with Gasteiger partial charge >= 0.3 is 0 Å². The quantitative estimate of drug-likeness (QED) is 0.708. The highest BCUT2D eigenvalue weighted by molar-refractivity contribution is 6.31. The van der Waals surface area contributed by atoms with Crippen molar-refractivity contribution in [3.63, 3.8) is 0 Å². The molecule has 1 nitrogen and oxygen atoms in total. The second-order valence-electron chi connectivity index (χ2n) is 3.50. The molecule has 0 spiro atoms. The Morgan fingerprint density at radius 3 is 2.58 bits per heavy atom. The topological polar surface area (TPSA) is 20.2 Å². The van der Waals surface area contributed by atoms with Crippen LogP contribution in [0.15, 0.2) is 18.2 Å². The largest absolute Gasteiger partial charge is 0.385 e. The van der Waals surface area contributed by atoms with E-state index in [0.717, 1.165) is 29.0 Å². The number of aliphatic hydroxyl groups is 1. The summed E-state index contributed by atoms with van der Waals surface area (Å²) in [6, 6.07) is 5.72. The fourth-order valence-electron chi connectivity index (χ4n) is 1.34. The molecule has 0 atom stereocenters. The fourth-order valence-corrected chi connectivity index (χ4v) is 1.46. The summed E-state index contributed by atoms with van der Waals surface area (Å²) < 4.78 is 0. The summed E-state index contributed by atoms with van der Waals surface area (Å²) in [5, 5.41) is 10.5. The van der Waals surface area contributed by atoms with Crippen LogP contribution in [0, 0.1) is 6.92 Å². The maximum absolute atomic E-state index is 9.77. The molecular formula is C10H11ClO. The molecule has 1 aliphatic carbocycles. The molecule has 64 valence electrons. The predicted molar refractivity (Wildman–Crippen MR) is 49.3 cm³/mol. The summed E-state index contributed by atoms with van der Waals surface area (Å²) in [6.07, 6.45) is 1.77. The minimum atomic E-state index is -0.532. The Morgan fingerprint density at radius 2 is 2.08 bits per heavy atom. The van der Waals surface area contributed by atoms with Gasteiger partial charge < -0.3 is 5.11 Å². The molecule has 1 aromatic carbocycles. The van der Waals surface area contributed by atoms with E-state index in [-0.39, 0.29) is 0 Å². The average Bonchev–Trinajstić information content (AvgIpc) is 2.75. The van der Waals surface area contributed by atoms with Gasteiger partial charge in [0.15, 0.2) is 0 Å². The molecule has 1 N–H and O–H groups in total. The van der Waals surface area contributed by atoms with Crippen molar-refractivity contribution in [2.75, 3.05) is 0 Å². The summed E-state index contributed by atoms with van der Waals surface area (Å²) in [6.45, 7) is 1.96. The predicted octanol–water partition coefficient (Wildman–Crippen LogP) is 2.63. The number of benzene rings is 1. The van der Waals surface area contributed by atoms with E-state index in [1.807, 2.05) is 25.1 Å². The highest BCUT2D eigenvalue weighted by Gasteiger charge is 2.42. The van der Waals surface area contributed by atoms with Crippen LogP contribution in [-0.4, -0.2) is 5.11 Å². The minimum absolute atomic E-state index is 0.532. The van der Waals surface area contributed by atoms with Gasteiger partial charge in [-0.2, -0.15) is 0 Å². The Hall–Kier alpha value is -0.530. The number of hydrogen-bond acceptors (Lipinski definition) is 1. The third-order valence-corrected chi connectivity index (χ3v) is 2.84. The van der Waals surface area contributed by atoms with Crippen LogP contribution in [0.4, 0.5) is 0 Å². The van der Waals surface area contributed by atoms with Crippen LogP contribution >= 0.6 is 11.6 Å². The van der Waals surface area contributed by atoms with Crippen molar-refractivity contribution in [2.45, 2.75) is 25.4 Å². The number of halogens is 1.